The lowest BCUT2D eigenvalue weighted by Crippen LogP contribution is -2.62. The van der Waals surface area contributed by atoms with Crippen molar-refractivity contribution >= 4 is 65.0 Å². The monoisotopic (exact) mass is 1050 g/mol. The van der Waals surface area contributed by atoms with E-state index in [1.807, 2.05) is 6.92 Å². The van der Waals surface area contributed by atoms with E-state index in [0.29, 0.717) is 44.2 Å². The number of aliphatic carboxylic acids is 1. The van der Waals surface area contributed by atoms with Crippen molar-refractivity contribution in [2.75, 3.05) is 19.7 Å². The van der Waals surface area contributed by atoms with Gasteiger partial charge in [0.05, 0.1) is 13.0 Å². The molecule has 0 saturated carbocycles. The second-order valence-electron chi connectivity index (χ2n) is 19.0. The van der Waals surface area contributed by atoms with E-state index in [1.165, 1.54) is 13.8 Å². The topological polar surface area (TPSA) is 415 Å². The van der Waals surface area contributed by atoms with Gasteiger partial charge >= 0.3 is 5.97 Å². The number of rotatable bonds is 35. The number of nitrogens with one attached hydrogen (secondary N) is 9. The van der Waals surface area contributed by atoms with Gasteiger partial charge in [-0.15, -0.1) is 0 Å². The van der Waals surface area contributed by atoms with E-state index in [2.05, 4.69) is 47.9 Å². The fraction of sp³-hybridized carbons (Fsp3) is 0.653. The first-order valence-electron chi connectivity index (χ1n) is 25.1. The fourth-order valence-electron chi connectivity index (χ4n) is 7.41. The predicted molar refractivity (Wildman–Crippen MR) is 272 cm³/mol. The first-order chi connectivity index (χ1) is 34.8. The highest BCUT2D eigenvalue weighted by atomic mass is 16.4. The lowest BCUT2D eigenvalue weighted by Gasteiger charge is -2.29. The summed E-state index contributed by atoms with van der Waals surface area (Å²) in [7, 11) is 0. The Labute approximate surface area is 432 Å². The molecule has 416 valence electrons. The highest BCUT2D eigenvalue weighted by molar-refractivity contribution is 5.99. The van der Waals surface area contributed by atoms with Crippen LogP contribution >= 0.6 is 0 Å². The standard InChI is InChI=1S/C49H82N12O13/c1-9-28(6)40(54-30(8)63)49(74)61-38(26(2)3)47(72)53-29(7)42(67)57-34(23-31-17-11-10-12-18-31)44(69)56-33(20-14-16-22-51)43(68)60-39(27(4)5)48(73)59-36(25-62)46(71)58-35(24-37(64)65)45(70)55-32(41(52)66)19-13-15-21-50/h10-12,17-18,26-29,32-36,38-40,62H,9,13-16,19-25,50-51H2,1-8H3,(H2,52,66)(H,53,72)(H,54,63)(H,55,70)(H,56,69)(H,57,67)(H,58,71)(H,59,73)(H,60,68)(H,61,74)(H,64,65)/t28-,29-,32-,33-,34-,35-,36-,38-,39-,40-/m0/s1. The molecule has 0 heterocycles. The third kappa shape index (κ3) is 23.4. The maximum absolute atomic E-state index is 14.2. The van der Waals surface area contributed by atoms with Crippen molar-refractivity contribution in [1.82, 2.24) is 47.9 Å². The smallest absolute Gasteiger partial charge is 0.305 e. The molecule has 1 aromatic rings. The van der Waals surface area contributed by atoms with Gasteiger partial charge in [-0.3, -0.25) is 52.7 Å². The van der Waals surface area contributed by atoms with E-state index < -0.39 is 144 Å². The molecule has 25 heteroatoms. The molecular formula is C49H82N12O13. The molecule has 25 nitrogen and oxygen atoms in total. The molecule has 0 bridgehead atoms. The molecule has 0 aromatic heterocycles. The number of unbranched alkanes of at least 4 members (excludes halogenated alkanes) is 2. The van der Waals surface area contributed by atoms with Crippen LogP contribution < -0.4 is 65.1 Å². The maximum atomic E-state index is 14.2. The van der Waals surface area contributed by atoms with Gasteiger partial charge in [-0.2, -0.15) is 0 Å². The minimum Gasteiger partial charge on any atom is -0.481 e. The lowest BCUT2D eigenvalue weighted by atomic mass is 9.96. The summed E-state index contributed by atoms with van der Waals surface area (Å²) in [5.74, 6) is -11.2. The van der Waals surface area contributed by atoms with Gasteiger partial charge < -0.3 is 75.3 Å². The van der Waals surface area contributed by atoms with Crippen LogP contribution in [-0.4, -0.2) is 149 Å². The van der Waals surface area contributed by atoms with Crippen LogP contribution in [0.15, 0.2) is 30.3 Å². The molecule has 10 amide bonds. The number of hydrogen-bond acceptors (Lipinski definition) is 14. The van der Waals surface area contributed by atoms with Crippen molar-refractivity contribution in [3.05, 3.63) is 35.9 Å². The van der Waals surface area contributed by atoms with Gasteiger partial charge in [0.15, 0.2) is 0 Å². The number of hydrogen-bond donors (Lipinski definition) is 14. The molecule has 0 saturated heterocycles. The Morgan fingerprint density at radius 2 is 0.946 bits per heavy atom. The minimum atomic E-state index is -1.78. The van der Waals surface area contributed by atoms with Crippen molar-refractivity contribution in [3.8, 4) is 0 Å². The molecular weight excluding hydrogens is 965 g/mol. The highest BCUT2D eigenvalue weighted by Gasteiger charge is 2.36. The zero-order valence-corrected chi connectivity index (χ0v) is 43.9. The summed E-state index contributed by atoms with van der Waals surface area (Å²) in [6.45, 7) is 12.3. The van der Waals surface area contributed by atoms with Gasteiger partial charge in [0.1, 0.15) is 54.4 Å². The number of amides is 10. The van der Waals surface area contributed by atoms with Gasteiger partial charge in [0.2, 0.25) is 59.1 Å². The average molecular weight is 1050 g/mol. The Kier molecular flexibility index (Phi) is 29.9. The molecule has 74 heavy (non-hydrogen) atoms. The molecule has 0 aliphatic carbocycles. The molecule has 0 radical (unpaired) electrons. The van der Waals surface area contributed by atoms with Gasteiger partial charge in [-0.25, -0.2) is 0 Å². The van der Waals surface area contributed by atoms with E-state index in [4.69, 9.17) is 17.2 Å². The van der Waals surface area contributed by atoms with E-state index in [9.17, 15) is 63.0 Å². The van der Waals surface area contributed by atoms with Crippen molar-refractivity contribution in [3.63, 3.8) is 0 Å². The lowest BCUT2D eigenvalue weighted by molar-refractivity contribution is -0.141. The molecule has 17 N–H and O–H groups in total. The summed E-state index contributed by atoms with van der Waals surface area (Å²) >= 11 is 0. The average Bonchev–Trinajstić information content (AvgIpc) is 3.33. The van der Waals surface area contributed by atoms with Crippen LogP contribution in [0, 0.1) is 17.8 Å². The summed E-state index contributed by atoms with van der Waals surface area (Å²) < 4.78 is 0. The molecule has 0 unspecified atom stereocenters. The Morgan fingerprint density at radius 3 is 1.43 bits per heavy atom. The van der Waals surface area contributed by atoms with Crippen LogP contribution in [0.25, 0.3) is 0 Å². The first-order valence-corrected chi connectivity index (χ1v) is 25.1. The molecule has 0 spiro atoms. The molecule has 0 aliphatic rings. The van der Waals surface area contributed by atoms with Crippen LogP contribution in [0.1, 0.15) is 112 Å². The SMILES string of the molecule is CC[C@H](C)[C@H](NC(C)=O)C(=O)N[C@H](C(=O)N[C@@H](C)C(=O)N[C@@H](Cc1ccccc1)C(=O)N[C@@H](CCCCN)C(=O)N[C@H](C(=O)N[C@@H](CO)C(=O)N[C@@H](CC(=O)O)C(=O)N[C@@H](CCCCN)C(N)=O)C(C)C)C(C)C. The number of carboxylic acids is 1. The highest BCUT2D eigenvalue weighted by Crippen LogP contribution is 2.13. The van der Waals surface area contributed by atoms with Crippen LogP contribution in [0.5, 0.6) is 0 Å². The van der Waals surface area contributed by atoms with Crippen molar-refractivity contribution < 1.29 is 63.0 Å². The number of nitrogens with two attached hydrogens (primary N) is 3. The van der Waals surface area contributed by atoms with E-state index >= 15 is 0 Å². The van der Waals surface area contributed by atoms with Gasteiger partial charge in [0.25, 0.3) is 0 Å². The molecule has 10 atom stereocenters. The zero-order chi connectivity index (χ0) is 56.2. The van der Waals surface area contributed by atoms with Crippen molar-refractivity contribution in [2.24, 2.45) is 35.0 Å². The predicted octanol–water partition coefficient (Wildman–Crippen LogP) is -2.80. The molecule has 1 rings (SSSR count). The molecule has 0 aliphatic heterocycles. The number of aliphatic hydroxyl groups excluding tert-OH is 1. The number of carbonyl (C=O) groups is 11. The summed E-state index contributed by atoms with van der Waals surface area (Å²) in [4.78, 5) is 145. The Morgan fingerprint density at radius 1 is 0.514 bits per heavy atom. The Bertz CT molecular complexity index is 2040. The number of primary amides is 1. The van der Waals surface area contributed by atoms with Crippen LogP contribution in [0.2, 0.25) is 0 Å². The number of carbonyl (C=O) groups excluding carboxylic acids is 10. The number of aliphatic hydroxyl groups is 1. The van der Waals surface area contributed by atoms with Crippen molar-refractivity contribution in [1.29, 1.82) is 0 Å². The summed E-state index contributed by atoms with van der Waals surface area (Å²) in [6.07, 6.45) is 1.29. The Balaban J connectivity index is 3.38. The van der Waals surface area contributed by atoms with Gasteiger partial charge in [-0.1, -0.05) is 78.3 Å². The third-order valence-electron chi connectivity index (χ3n) is 12.0. The van der Waals surface area contributed by atoms with E-state index in [0.717, 1.165) is 0 Å². The minimum absolute atomic E-state index is 0.0140. The second kappa shape index (κ2) is 33.9. The fourth-order valence-corrected chi connectivity index (χ4v) is 7.41. The van der Waals surface area contributed by atoms with Crippen molar-refractivity contribution in [2.45, 2.75) is 168 Å². The Hall–Kier alpha value is -6.73. The normalized spacial score (nSPS) is 15.2. The summed E-state index contributed by atoms with van der Waals surface area (Å²) in [5, 5.41) is 42.3. The molecule has 1 aromatic carbocycles. The van der Waals surface area contributed by atoms with Crippen LogP contribution in [0.3, 0.4) is 0 Å². The number of carboxylic acid groups (broad SMARTS) is 1. The van der Waals surface area contributed by atoms with Crippen LogP contribution in [0.4, 0.5) is 0 Å². The summed E-state index contributed by atoms with van der Waals surface area (Å²) in [6, 6.07) is -3.51. The van der Waals surface area contributed by atoms with Gasteiger partial charge in [-0.05, 0) is 81.9 Å². The molecule has 0 fully saturated rings. The maximum Gasteiger partial charge on any atom is 0.305 e. The largest absolute Gasteiger partial charge is 0.481 e. The summed E-state index contributed by atoms with van der Waals surface area (Å²) in [5.41, 5.74) is 17.3. The quantitative estimate of drug-likeness (QED) is 0.0306. The third-order valence-corrected chi connectivity index (χ3v) is 12.0. The second-order valence-corrected chi connectivity index (χ2v) is 19.0. The van der Waals surface area contributed by atoms with Gasteiger partial charge in [0, 0.05) is 13.3 Å². The van der Waals surface area contributed by atoms with Crippen LogP contribution in [-0.2, 0) is 59.2 Å². The van der Waals surface area contributed by atoms with E-state index in [-0.39, 0.29) is 31.7 Å². The number of benzene rings is 1. The zero-order valence-electron chi connectivity index (χ0n) is 43.9. The van der Waals surface area contributed by atoms with E-state index in [1.54, 1.807) is 65.0 Å². The first kappa shape index (κ1) is 65.3.